The smallest absolute Gasteiger partial charge is 0.258 e. The van der Waals surface area contributed by atoms with Crippen LogP contribution < -0.4 is 0 Å². The maximum absolute atomic E-state index is 10.8. The Hall–Kier alpha value is -2.34. The van der Waals surface area contributed by atoms with Gasteiger partial charge in [0.2, 0.25) is 0 Å². The fourth-order valence-electron chi connectivity index (χ4n) is 2.85. The highest BCUT2D eigenvalue weighted by atomic mass is 79.9. The minimum absolute atomic E-state index is 0.0659. The number of aryl methyl sites for hydroxylation is 1. The van der Waals surface area contributed by atoms with Crippen molar-refractivity contribution in [1.82, 2.24) is 0 Å². The number of alkyl halides is 1. The van der Waals surface area contributed by atoms with E-state index in [1.807, 2.05) is 32.0 Å². The number of hydrogen-bond donors (Lipinski definition) is 0. The zero-order valence-corrected chi connectivity index (χ0v) is 14.9. The summed E-state index contributed by atoms with van der Waals surface area (Å²) in [6, 6.07) is 14.6. The zero-order valence-electron chi connectivity index (χ0n) is 13.4. The lowest BCUT2D eigenvalue weighted by Gasteiger charge is -2.23. The summed E-state index contributed by atoms with van der Waals surface area (Å²) >= 11 is 3.56. The van der Waals surface area contributed by atoms with Crippen LogP contribution in [0.5, 0.6) is 0 Å². The van der Waals surface area contributed by atoms with Gasteiger partial charge in [0, 0.05) is 28.6 Å². The molecule has 122 valence electrons. The second kappa shape index (κ2) is 6.28. The lowest BCUT2D eigenvalue weighted by molar-refractivity contribution is -0.384. The number of nitro benzene ring substituents is 1. The molecule has 1 atom stereocenters. The molecular weight excluding hydrogens is 370 g/mol. The summed E-state index contributed by atoms with van der Waals surface area (Å²) < 4.78 is 0. The van der Waals surface area contributed by atoms with Crippen LogP contribution in [0.3, 0.4) is 0 Å². The molecule has 6 heteroatoms. The van der Waals surface area contributed by atoms with Crippen molar-refractivity contribution in [3.8, 4) is 0 Å². The first-order valence-corrected chi connectivity index (χ1v) is 8.62. The summed E-state index contributed by atoms with van der Waals surface area (Å²) in [7, 11) is 0. The van der Waals surface area contributed by atoms with E-state index in [0.29, 0.717) is 5.33 Å². The van der Waals surface area contributed by atoms with Gasteiger partial charge in [0.15, 0.2) is 0 Å². The number of azo groups is 1. The highest BCUT2D eigenvalue weighted by molar-refractivity contribution is 9.09. The number of rotatable bonds is 4. The summed E-state index contributed by atoms with van der Waals surface area (Å²) in [6.07, 6.45) is 0. The number of non-ortho nitro benzene ring substituents is 1. The highest BCUT2D eigenvalue weighted by Gasteiger charge is 2.37. The summed E-state index contributed by atoms with van der Waals surface area (Å²) in [5.41, 5.74) is 4.42. The number of benzene rings is 2. The molecule has 0 saturated heterocycles. The Balaban J connectivity index is 2.07. The first kappa shape index (κ1) is 16.5. The molecule has 0 saturated carbocycles. The molecule has 1 aliphatic rings. The molecule has 0 aliphatic carbocycles. The predicted octanol–water partition coefficient (Wildman–Crippen LogP) is 5.39. The zero-order chi connectivity index (χ0) is 17.3. The van der Waals surface area contributed by atoms with Crippen LogP contribution in [0.15, 0.2) is 64.3 Å². The topological polar surface area (TPSA) is 67.9 Å². The molecule has 0 bridgehead atoms. The maximum Gasteiger partial charge on any atom is 0.269 e. The van der Waals surface area contributed by atoms with Crippen molar-refractivity contribution in [2.45, 2.75) is 19.4 Å². The van der Waals surface area contributed by atoms with Crippen LogP contribution >= 0.6 is 15.9 Å². The molecule has 0 N–H and O–H groups in total. The fraction of sp³-hybridized carbons (Fsp3) is 0.222. The first-order valence-electron chi connectivity index (χ1n) is 7.50. The second-order valence-electron chi connectivity index (χ2n) is 5.91. The Morgan fingerprint density at radius 2 is 1.92 bits per heavy atom. The Bertz CT molecular complexity index is 859. The van der Waals surface area contributed by atoms with Crippen LogP contribution in [0, 0.1) is 17.0 Å². The van der Waals surface area contributed by atoms with Crippen LogP contribution in [0.25, 0.3) is 5.70 Å². The van der Waals surface area contributed by atoms with Gasteiger partial charge in [-0.1, -0.05) is 45.8 Å². The third-order valence-corrected chi connectivity index (χ3v) is 4.85. The molecule has 0 amide bonds. The molecule has 2 aromatic carbocycles. The molecule has 2 aromatic rings. The maximum atomic E-state index is 10.8. The van der Waals surface area contributed by atoms with E-state index in [1.165, 1.54) is 17.7 Å². The normalized spacial score (nSPS) is 19.8. The van der Waals surface area contributed by atoms with Crippen LogP contribution in [0.2, 0.25) is 0 Å². The second-order valence-corrected chi connectivity index (χ2v) is 6.47. The average Bonchev–Trinajstić information content (AvgIpc) is 2.93. The van der Waals surface area contributed by atoms with Crippen LogP contribution in [0.4, 0.5) is 5.69 Å². The van der Waals surface area contributed by atoms with Crippen molar-refractivity contribution < 1.29 is 4.92 Å². The van der Waals surface area contributed by atoms with Crippen molar-refractivity contribution in [2.24, 2.45) is 10.2 Å². The number of nitrogens with zero attached hydrogens (tertiary/aromatic N) is 3. The monoisotopic (exact) mass is 385 g/mol. The SMILES string of the molecule is Cc1cccc(C2(C)N=NC(c3ccc([N+](=O)[O-])cc3)=C2CBr)c1. The predicted molar refractivity (Wildman–Crippen MR) is 97.2 cm³/mol. The van der Waals surface area contributed by atoms with Crippen molar-refractivity contribution in [3.63, 3.8) is 0 Å². The molecule has 0 radical (unpaired) electrons. The molecule has 3 rings (SSSR count). The molecule has 1 aliphatic heterocycles. The molecule has 1 heterocycles. The van der Waals surface area contributed by atoms with Gasteiger partial charge in [0.1, 0.15) is 5.54 Å². The Morgan fingerprint density at radius 3 is 2.50 bits per heavy atom. The van der Waals surface area contributed by atoms with Gasteiger partial charge in [-0.3, -0.25) is 10.1 Å². The summed E-state index contributed by atoms with van der Waals surface area (Å²) in [5, 5.41) is 20.4. The van der Waals surface area contributed by atoms with E-state index in [4.69, 9.17) is 0 Å². The average molecular weight is 386 g/mol. The van der Waals surface area contributed by atoms with E-state index in [-0.39, 0.29) is 5.69 Å². The lowest BCUT2D eigenvalue weighted by Crippen LogP contribution is -2.21. The quantitative estimate of drug-likeness (QED) is 0.402. The van der Waals surface area contributed by atoms with Gasteiger partial charge in [0.05, 0.1) is 10.6 Å². The van der Waals surface area contributed by atoms with Crippen LogP contribution in [0.1, 0.15) is 23.6 Å². The van der Waals surface area contributed by atoms with Gasteiger partial charge >= 0.3 is 0 Å². The Kier molecular flexibility index (Phi) is 4.32. The number of halogens is 1. The van der Waals surface area contributed by atoms with Crippen molar-refractivity contribution in [3.05, 3.63) is 80.9 Å². The molecule has 5 nitrogen and oxygen atoms in total. The molecule has 0 aromatic heterocycles. The van der Waals surface area contributed by atoms with E-state index >= 15 is 0 Å². The van der Waals surface area contributed by atoms with E-state index < -0.39 is 10.5 Å². The van der Waals surface area contributed by atoms with Gasteiger partial charge < -0.3 is 0 Å². The van der Waals surface area contributed by atoms with Gasteiger partial charge in [-0.15, -0.1) is 0 Å². The summed E-state index contributed by atoms with van der Waals surface area (Å²) in [6.45, 7) is 4.09. The molecule has 24 heavy (non-hydrogen) atoms. The Morgan fingerprint density at radius 1 is 1.21 bits per heavy atom. The third-order valence-electron chi connectivity index (χ3n) is 4.29. The minimum Gasteiger partial charge on any atom is -0.258 e. The third kappa shape index (κ3) is 2.78. The van der Waals surface area contributed by atoms with Gasteiger partial charge in [-0.2, -0.15) is 10.2 Å². The molecule has 1 unspecified atom stereocenters. The van der Waals surface area contributed by atoms with Gasteiger partial charge in [-0.05, 0) is 31.5 Å². The fourth-order valence-corrected chi connectivity index (χ4v) is 3.66. The van der Waals surface area contributed by atoms with Crippen molar-refractivity contribution in [2.75, 3.05) is 5.33 Å². The summed E-state index contributed by atoms with van der Waals surface area (Å²) in [5.74, 6) is 0. The van der Waals surface area contributed by atoms with E-state index in [9.17, 15) is 10.1 Å². The van der Waals surface area contributed by atoms with E-state index in [1.54, 1.807) is 12.1 Å². The van der Waals surface area contributed by atoms with E-state index in [0.717, 1.165) is 22.4 Å². The summed E-state index contributed by atoms with van der Waals surface area (Å²) in [4.78, 5) is 10.4. The van der Waals surface area contributed by atoms with Crippen molar-refractivity contribution in [1.29, 1.82) is 0 Å². The van der Waals surface area contributed by atoms with Crippen LogP contribution in [-0.2, 0) is 5.54 Å². The van der Waals surface area contributed by atoms with Gasteiger partial charge in [0.25, 0.3) is 5.69 Å². The number of nitro groups is 1. The van der Waals surface area contributed by atoms with Crippen LogP contribution in [-0.4, -0.2) is 10.3 Å². The molecule has 0 spiro atoms. The lowest BCUT2D eigenvalue weighted by atomic mass is 9.84. The minimum atomic E-state index is -0.535. The first-order chi connectivity index (χ1) is 11.5. The standard InChI is InChI=1S/C18H16BrN3O2/c1-12-4-3-5-14(10-12)18(2)16(11-19)17(20-21-18)13-6-8-15(9-7-13)22(23)24/h3-10H,11H2,1-2H3. The Labute approximate surface area is 148 Å². The number of hydrogen-bond acceptors (Lipinski definition) is 4. The largest absolute Gasteiger partial charge is 0.269 e. The molecule has 0 fully saturated rings. The van der Waals surface area contributed by atoms with Gasteiger partial charge in [-0.25, -0.2) is 0 Å². The highest BCUT2D eigenvalue weighted by Crippen LogP contribution is 2.45. The van der Waals surface area contributed by atoms with E-state index in [2.05, 4.69) is 32.2 Å². The van der Waals surface area contributed by atoms with Crippen molar-refractivity contribution >= 4 is 27.3 Å². The molecular formula is C18H16BrN3O2.